The highest BCUT2D eigenvalue weighted by atomic mass is 19.4. The van der Waals surface area contributed by atoms with Crippen molar-refractivity contribution in [2.45, 2.75) is 44.8 Å². The molecule has 0 saturated carbocycles. The van der Waals surface area contributed by atoms with Gasteiger partial charge in [0.2, 0.25) is 11.8 Å². The molecular formula is C19H22F3N3O2. The first-order chi connectivity index (χ1) is 12.7. The number of aromatic nitrogens is 1. The number of para-hydroxylation sites is 1. The van der Waals surface area contributed by atoms with Crippen molar-refractivity contribution in [1.82, 2.24) is 15.2 Å². The second kappa shape index (κ2) is 7.62. The lowest BCUT2D eigenvalue weighted by atomic mass is 10.0. The Hall–Kier alpha value is -2.51. The number of fused-ring (bicyclic) bond motifs is 1. The molecule has 2 amide bonds. The minimum Gasteiger partial charge on any atom is -0.361 e. The van der Waals surface area contributed by atoms with Crippen molar-refractivity contribution in [3.05, 3.63) is 35.5 Å². The molecule has 1 saturated heterocycles. The maximum absolute atomic E-state index is 12.6. The first-order valence-corrected chi connectivity index (χ1v) is 8.95. The standard InChI is InChI=1S/C19H22F3N3O2/c1-12-4-2-5-14-13(10-23-17(12)14)7-8-16(26)24-15-6-3-9-25(18(15)27)11-19(20,21)22/h2,4-5,10,15,23H,3,6-9,11H2,1H3,(H,24,26). The van der Waals surface area contributed by atoms with Gasteiger partial charge in [0.15, 0.2) is 0 Å². The molecule has 1 aliphatic heterocycles. The maximum Gasteiger partial charge on any atom is 0.406 e. The van der Waals surface area contributed by atoms with E-state index in [4.69, 9.17) is 0 Å². The van der Waals surface area contributed by atoms with Crippen LogP contribution < -0.4 is 5.32 Å². The molecule has 1 atom stereocenters. The minimum absolute atomic E-state index is 0.0689. The first-order valence-electron chi connectivity index (χ1n) is 8.95. The average Bonchev–Trinajstić information content (AvgIpc) is 3.00. The number of rotatable bonds is 5. The molecule has 1 aromatic heterocycles. The summed E-state index contributed by atoms with van der Waals surface area (Å²) < 4.78 is 37.7. The second-order valence-electron chi connectivity index (χ2n) is 6.95. The highest BCUT2D eigenvalue weighted by molar-refractivity contribution is 5.89. The Labute approximate surface area is 154 Å². The third-order valence-electron chi connectivity index (χ3n) is 4.87. The van der Waals surface area contributed by atoms with Crippen LogP contribution in [0.25, 0.3) is 10.9 Å². The number of benzene rings is 1. The number of piperidine rings is 1. The highest BCUT2D eigenvalue weighted by Gasteiger charge is 2.37. The van der Waals surface area contributed by atoms with E-state index in [2.05, 4.69) is 10.3 Å². The van der Waals surface area contributed by atoms with Gasteiger partial charge < -0.3 is 15.2 Å². The summed E-state index contributed by atoms with van der Waals surface area (Å²) in [4.78, 5) is 28.4. The van der Waals surface area contributed by atoms with E-state index < -0.39 is 24.7 Å². The van der Waals surface area contributed by atoms with Gasteiger partial charge in [0.05, 0.1) is 0 Å². The van der Waals surface area contributed by atoms with E-state index in [9.17, 15) is 22.8 Å². The smallest absolute Gasteiger partial charge is 0.361 e. The fraction of sp³-hybridized carbons (Fsp3) is 0.474. The molecule has 0 bridgehead atoms. The summed E-state index contributed by atoms with van der Waals surface area (Å²) in [5.41, 5.74) is 3.14. The Morgan fingerprint density at radius 3 is 2.89 bits per heavy atom. The molecule has 2 aromatic rings. The third-order valence-corrected chi connectivity index (χ3v) is 4.87. The van der Waals surface area contributed by atoms with Crippen LogP contribution in [-0.2, 0) is 16.0 Å². The molecule has 5 nitrogen and oxygen atoms in total. The number of nitrogens with zero attached hydrogens (tertiary/aromatic N) is 1. The van der Waals surface area contributed by atoms with Crippen molar-refractivity contribution in [3.63, 3.8) is 0 Å². The van der Waals surface area contributed by atoms with Gasteiger partial charge in [0.1, 0.15) is 12.6 Å². The molecule has 27 heavy (non-hydrogen) atoms. The SMILES string of the molecule is Cc1cccc2c(CCC(=O)NC3CCCN(CC(F)(F)F)C3=O)c[nH]c12. The monoisotopic (exact) mass is 381 g/mol. The largest absolute Gasteiger partial charge is 0.406 e. The van der Waals surface area contributed by atoms with Crippen molar-refractivity contribution in [3.8, 4) is 0 Å². The topological polar surface area (TPSA) is 65.2 Å². The number of nitrogens with one attached hydrogen (secondary N) is 2. The van der Waals surface area contributed by atoms with Crippen LogP contribution in [0.4, 0.5) is 13.2 Å². The van der Waals surface area contributed by atoms with Crippen molar-refractivity contribution < 1.29 is 22.8 Å². The average molecular weight is 381 g/mol. The zero-order chi connectivity index (χ0) is 19.6. The number of likely N-dealkylation sites (tertiary alicyclic amines) is 1. The summed E-state index contributed by atoms with van der Waals surface area (Å²) >= 11 is 0. The van der Waals surface area contributed by atoms with Gasteiger partial charge >= 0.3 is 6.18 Å². The Kier molecular flexibility index (Phi) is 5.43. The minimum atomic E-state index is -4.44. The number of carbonyl (C=O) groups is 2. The second-order valence-corrected chi connectivity index (χ2v) is 6.95. The molecule has 0 spiro atoms. The third kappa shape index (κ3) is 4.61. The van der Waals surface area contributed by atoms with Crippen LogP contribution in [0.5, 0.6) is 0 Å². The highest BCUT2D eigenvalue weighted by Crippen LogP contribution is 2.23. The lowest BCUT2D eigenvalue weighted by Gasteiger charge is -2.33. The van der Waals surface area contributed by atoms with E-state index in [1.54, 1.807) is 0 Å². The zero-order valence-electron chi connectivity index (χ0n) is 15.0. The Bertz CT molecular complexity index is 844. The quantitative estimate of drug-likeness (QED) is 0.836. The van der Waals surface area contributed by atoms with E-state index in [1.165, 1.54) is 0 Å². The molecular weight excluding hydrogens is 359 g/mol. The molecule has 3 rings (SSSR count). The first kappa shape index (κ1) is 19.3. The van der Waals surface area contributed by atoms with Crippen LogP contribution >= 0.6 is 0 Å². The molecule has 1 unspecified atom stereocenters. The number of halogens is 3. The van der Waals surface area contributed by atoms with Gasteiger partial charge in [0, 0.05) is 30.1 Å². The molecule has 1 fully saturated rings. The zero-order valence-corrected chi connectivity index (χ0v) is 15.0. The van der Waals surface area contributed by atoms with Gasteiger partial charge in [-0.25, -0.2) is 0 Å². The Morgan fingerprint density at radius 2 is 2.15 bits per heavy atom. The van der Waals surface area contributed by atoms with Crippen LogP contribution in [-0.4, -0.2) is 47.0 Å². The summed E-state index contributed by atoms with van der Waals surface area (Å²) in [6, 6.07) is 5.05. The molecule has 0 aliphatic carbocycles. The van der Waals surface area contributed by atoms with Gasteiger partial charge in [-0.3, -0.25) is 9.59 Å². The number of amides is 2. The van der Waals surface area contributed by atoms with Gasteiger partial charge in [0.25, 0.3) is 0 Å². The van der Waals surface area contributed by atoms with Crippen LogP contribution in [0.3, 0.4) is 0 Å². The summed E-state index contributed by atoms with van der Waals surface area (Å²) in [7, 11) is 0. The molecule has 0 radical (unpaired) electrons. The van der Waals surface area contributed by atoms with Crippen LogP contribution in [0.15, 0.2) is 24.4 Å². The van der Waals surface area contributed by atoms with Gasteiger partial charge in [-0.1, -0.05) is 18.2 Å². The van der Waals surface area contributed by atoms with Gasteiger partial charge in [-0.05, 0) is 37.3 Å². The molecule has 2 heterocycles. The van der Waals surface area contributed by atoms with E-state index in [-0.39, 0.29) is 18.9 Å². The Morgan fingerprint density at radius 1 is 1.37 bits per heavy atom. The number of aryl methyl sites for hydroxylation is 2. The molecule has 1 aromatic carbocycles. The van der Waals surface area contributed by atoms with E-state index >= 15 is 0 Å². The fourth-order valence-electron chi connectivity index (χ4n) is 3.53. The summed E-state index contributed by atoms with van der Waals surface area (Å²) in [6.07, 6.45) is -1.11. The molecule has 1 aliphatic rings. The molecule has 146 valence electrons. The van der Waals surface area contributed by atoms with Crippen molar-refractivity contribution in [2.75, 3.05) is 13.1 Å². The van der Waals surface area contributed by atoms with Gasteiger partial charge in [-0.15, -0.1) is 0 Å². The van der Waals surface area contributed by atoms with E-state index in [1.807, 2.05) is 31.3 Å². The molecule has 8 heteroatoms. The molecule has 2 N–H and O–H groups in total. The van der Waals surface area contributed by atoms with Crippen molar-refractivity contribution in [1.29, 1.82) is 0 Å². The van der Waals surface area contributed by atoms with E-state index in [0.717, 1.165) is 26.9 Å². The Balaban J connectivity index is 1.57. The lowest BCUT2D eigenvalue weighted by Crippen LogP contribution is -2.54. The summed E-state index contributed by atoms with van der Waals surface area (Å²) in [5, 5.41) is 3.65. The number of alkyl halides is 3. The van der Waals surface area contributed by atoms with E-state index in [0.29, 0.717) is 19.3 Å². The number of aromatic amines is 1. The normalized spacial score (nSPS) is 18.1. The van der Waals surface area contributed by atoms with Crippen LogP contribution in [0.1, 0.15) is 30.4 Å². The van der Waals surface area contributed by atoms with Crippen LogP contribution in [0, 0.1) is 6.92 Å². The van der Waals surface area contributed by atoms with Gasteiger partial charge in [-0.2, -0.15) is 13.2 Å². The predicted molar refractivity (Wildman–Crippen MR) is 95.2 cm³/mol. The van der Waals surface area contributed by atoms with Crippen molar-refractivity contribution >= 4 is 22.7 Å². The predicted octanol–water partition coefficient (Wildman–Crippen LogP) is 3.08. The summed E-state index contributed by atoms with van der Waals surface area (Å²) in [5.74, 6) is -0.987. The van der Waals surface area contributed by atoms with Crippen molar-refractivity contribution in [2.24, 2.45) is 0 Å². The number of hydrogen-bond donors (Lipinski definition) is 2. The number of H-pyrrole nitrogens is 1. The maximum atomic E-state index is 12.6. The van der Waals surface area contributed by atoms with Crippen LogP contribution in [0.2, 0.25) is 0 Å². The lowest BCUT2D eigenvalue weighted by molar-refractivity contribution is -0.165. The number of carbonyl (C=O) groups excluding carboxylic acids is 2. The summed E-state index contributed by atoms with van der Waals surface area (Å²) in [6.45, 7) is 0.795. The fourth-order valence-corrected chi connectivity index (χ4v) is 3.53. The number of hydrogen-bond acceptors (Lipinski definition) is 2.